The van der Waals surface area contributed by atoms with Crippen LogP contribution in [0.4, 0.5) is 8.78 Å². The summed E-state index contributed by atoms with van der Waals surface area (Å²) in [4.78, 5) is 10.5. The SMILES string of the molecule is CC.CC.CC(=O)C1CC(F)(F)CN1. The van der Waals surface area contributed by atoms with Crippen molar-refractivity contribution in [3.8, 4) is 0 Å². The zero-order chi connectivity index (χ0) is 11.8. The molecule has 1 aliphatic rings. The van der Waals surface area contributed by atoms with Crippen LogP contribution in [0.25, 0.3) is 0 Å². The predicted octanol–water partition coefficient (Wildman–Crippen LogP) is 2.63. The van der Waals surface area contributed by atoms with Crippen molar-refractivity contribution < 1.29 is 13.6 Å². The molecule has 2 nitrogen and oxygen atoms in total. The van der Waals surface area contributed by atoms with Gasteiger partial charge in [-0.2, -0.15) is 0 Å². The van der Waals surface area contributed by atoms with Gasteiger partial charge in [-0.15, -0.1) is 0 Å². The molecule has 86 valence electrons. The van der Waals surface area contributed by atoms with Gasteiger partial charge in [0.15, 0.2) is 0 Å². The van der Waals surface area contributed by atoms with Crippen molar-refractivity contribution in [2.24, 2.45) is 0 Å². The van der Waals surface area contributed by atoms with Gasteiger partial charge in [0.05, 0.1) is 12.6 Å². The Bertz CT molecular complexity index is 160. The standard InChI is InChI=1S/C6H9F2NO.2C2H6/c1-4(10)5-2-6(7,8)3-9-5;2*1-2/h5,9H,2-3H2,1H3;2*1-2H3. The highest BCUT2D eigenvalue weighted by Gasteiger charge is 2.40. The van der Waals surface area contributed by atoms with E-state index in [0.29, 0.717) is 0 Å². The highest BCUT2D eigenvalue weighted by Crippen LogP contribution is 2.25. The molecule has 0 spiro atoms. The maximum Gasteiger partial charge on any atom is 0.262 e. The van der Waals surface area contributed by atoms with Crippen LogP contribution in [0.5, 0.6) is 0 Å². The predicted molar refractivity (Wildman–Crippen MR) is 54.7 cm³/mol. The van der Waals surface area contributed by atoms with Crippen LogP contribution in [0.3, 0.4) is 0 Å². The monoisotopic (exact) mass is 209 g/mol. The lowest BCUT2D eigenvalue weighted by Gasteiger charge is -2.04. The maximum absolute atomic E-state index is 12.3. The molecule has 1 N–H and O–H groups in total. The molecule has 0 aromatic heterocycles. The van der Waals surface area contributed by atoms with Crippen molar-refractivity contribution in [3.05, 3.63) is 0 Å². The number of ketones is 1. The summed E-state index contributed by atoms with van der Waals surface area (Å²) < 4.78 is 24.7. The molecular formula is C10H21F2NO. The minimum atomic E-state index is -2.68. The number of hydrogen-bond acceptors (Lipinski definition) is 2. The second-order valence-corrected chi connectivity index (χ2v) is 2.60. The second-order valence-electron chi connectivity index (χ2n) is 2.60. The fourth-order valence-corrected chi connectivity index (χ4v) is 1.00. The molecule has 1 unspecified atom stereocenters. The zero-order valence-electron chi connectivity index (χ0n) is 9.66. The van der Waals surface area contributed by atoms with Gasteiger partial charge < -0.3 is 5.32 Å². The Hall–Kier alpha value is -0.510. The van der Waals surface area contributed by atoms with Crippen LogP contribution in [-0.4, -0.2) is 24.3 Å². The van der Waals surface area contributed by atoms with E-state index >= 15 is 0 Å². The number of nitrogens with one attached hydrogen (secondary N) is 1. The second kappa shape index (κ2) is 7.85. The number of alkyl halides is 2. The van der Waals surface area contributed by atoms with Crippen molar-refractivity contribution in [2.45, 2.75) is 53.0 Å². The third-order valence-corrected chi connectivity index (χ3v) is 1.60. The first-order valence-corrected chi connectivity index (χ1v) is 5.13. The van der Waals surface area contributed by atoms with Gasteiger partial charge in [0.1, 0.15) is 5.78 Å². The molecule has 0 aromatic rings. The van der Waals surface area contributed by atoms with E-state index in [-0.39, 0.29) is 18.7 Å². The average Bonchev–Trinajstić information content (AvgIpc) is 2.53. The van der Waals surface area contributed by atoms with E-state index in [4.69, 9.17) is 0 Å². The van der Waals surface area contributed by atoms with Crippen LogP contribution < -0.4 is 5.32 Å². The highest BCUT2D eigenvalue weighted by molar-refractivity contribution is 5.81. The Morgan fingerprint density at radius 2 is 1.71 bits per heavy atom. The summed E-state index contributed by atoms with van der Waals surface area (Å²) in [6.45, 7) is 8.95. The zero-order valence-corrected chi connectivity index (χ0v) is 9.66. The molecule has 1 saturated heterocycles. The number of carbonyl (C=O) groups is 1. The van der Waals surface area contributed by atoms with Gasteiger partial charge in [0.2, 0.25) is 0 Å². The average molecular weight is 209 g/mol. The first-order valence-electron chi connectivity index (χ1n) is 5.13. The summed E-state index contributed by atoms with van der Waals surface area (Å²) in [5.41, 5.74) is 0. The lowest BCUT2D eigenvalue weighted by atomic mass is 10.1. The highest BCUT2D eigenvalue weighted by atomic mass is 19.3. The van der Waals surface area contributed by atoms with Crippen molar-refractivity contribution >= 4 is 5.78 Å². The molecule has 1 fully saturated rings. The summed E-state index contributed by atoms with van der Waals surface area (Å²) in [5, 5.41) is 2.45. The summed E-state index contributed by atoms with van der Waals surface area (Å²) >= 11 is 0. The van der Waals surface area contributed by atoms with Crippen molar-refractivity contribution in [1.82, 2.24) is 5.32 Å². The molecule has 0 aliphatic carbocycles. The third-order valence-electron chi connectivity index (χ3n) is 1.60. The van der Waals surface area contributed by atoms with Crippen LogP contribution in [-0.2, 0) is 4.79 Å². The third kappa shape index (κ3) is 6.02. The Labute approximate surface area is 85.1 Å². The molecule has 0 bridgehead atoms. The van der Waals surface area contributed by atoms with Crippen molar-refractivity contribution in [3.63, 3.8) is 0 Å². The van der Waals surface area contributed by atoms with E-state index in [1.54, 1.807) is 0 Å². The molecule has 4 heteroatoms. The minimum absolute atomic E-state index is 0.211. The summed E-state index contributed by atoms with van der Waals surface area (Å²) in [6, 6.07) is -0.630. The van der Waals surface area contributed by atoms with Crippen molar-refractivity contribution in [1.29, 1.82) is 0 Å². The smallest absolute Gasteiger partial charge is 0.262 e. The van der Waals surface area contributed by atoms with Crippen molar-refractivity contribution in [2.75, 3.05) is 6.54 Å². The van der Waals surface area contributed by atoms with E-state index in [0.717, 1.165) is 0 Å². The number of Topliss-reactive ketones (excluding diaryl/α,β-unsaturated/α-hetero) is 1. The Kier molecular flexibility index (Phi) is 8.94. The van der Waals surface area contributed by atoms with E-state index < -0.39 is 12.0 Å². The largest absolute Gasteiger partial charge is 0.302 e. The number of carbonyl (C=O) groups excluding carboxylic acids is 1. The van der Waals surface area contributed by atoms with Gasteiger partial charge in [-0.05, 0) is 6.92 Å². The Morgan fingerprint density at radius 3 is 1.86 bits per heavy atom. The van der Waals surface area contributed by atoms with Crippen LogP contribution in [0.1, 0.15) is 41.0 Å². The normalized spacial score (nSPS) is 22.6. The number of rotatable bonds is 1. The fourth-order valence-electron chi connectivity index (χ4n) is 1.00. The van der Waals surface area contributed by atoms with Gasteiger partial charge >= 0.3 is 0 Å². The van der Waals surface area contributed by atoms with Gasteiger partial charge in [-0.3, -0.25) is 4.79 Å². The molecule has 0 radical (unpaired) electrons. The van der Waals surface area contributed by atoms with Crippen LogP contribution >= 0.6 is 0 Å². The lowest BCUT2D eigenvalue weighted by Crippen LogP contribution is -2.28. The minimum Gasteiger partial charge on any atom is -0.302 e. The first kappa shape index (κ1) is 15.9. The summed E-state index contributed by atoms with van der Waals surface area (Å²) in [7, 11) is 0. The molecule has 14 heavy (non-hydrogen) atoms. The Morgan fingerprint density at radius 1 is 1.29 bits per heavy atom. The maximum atomic E-state index is 12.3. The van der Waals surface area contributed by atoms with Crippen LogP contribution in [0.2, 0.25) is 0 Å². The molecular weight excluding hydrogens is 188 g/mol. The fraction of sp³-hybridized carbons (Fsp3) is 0.900. The molecule has 0 saturated carbocycles. The molecule has 1 heterocycles. The van der Waals surface area contributed by atoms with Crippen LogP contribution in [0, 0.1) is 0 Å². The van der Waals surface area contributed by atoms with E-state index in [1.807, 2.05) is 27.7 Å². The quantitative estimate of drug-likeness (QED) is 0.719. The van der Waals surface area contributed by atoms with E-state index in [9.17, 15) is 13.6 Å². The molecule has 1 rings (SSSR count). The first-order chi connectivity index (χ1) is 6.51. The van der Waals surface area contributed by atoms with Gasteiger partial charge in [-0.1, -0.05) is 27.7 Å². The number of hydrogen-bond donors (Lipinski definition) is 1. The van der Waals surface area contributed by atoms with Gasteiger partial charge in [0, 0.05) is 6.42 Å². The summed E-state index contributed by atoms with van der Waals surface area (Å²) in [5.74, 6) is -2.90. The topological polar surface area (TPSA) is 29.1 Å². The van der Waals surface area contributed by atoms with Gasteiger partial charge in [0.25, 0.3) is 5.92 Å². The van der Waals surface area contributed by atoms with E-state index in [2.05, 4.69) is 5.32 Å². The molecule has 1 atom stereocenters. The number of halogens is 2. The lowest BCUT2D eigenvalue weighted by molar-refractivity contribution is -0.119. The molecule has 0 aromatic carbocycles. The van der Waals surface area contributed by atoms with E-state index in [1.165, 1.54) is 6.92 Å². The molecule has 1 aliphatic heterocycles. The molecule has 0 amide bonds. The van der Waals surface area contributed by atoms with Gasteiger partial charge in [-0.25, -0.2) is 8.78 Å². The summed E-state index contributed by atoms with van der Waals surface area (Å²) in [6.07, 6.45) is -0.345. The van der Waals surface area contributed by atoms with Crippen LogP contribution in [0.15, 0.2) is 0 Å². The Balaban J connectivity index is 0.